The molecule has 1 amide bonds. The van der Waals surface area contributed by atoms with E-state index < -0.39 is 40.7 Å². The second-order valence-electron chi connectivity index (χ2n) is 6.52. The van der Waals surface area contributed by atoms with Crippen molar-refractivity contribution < 1.29 is 35.9 Å². The Kier molecular flexibility index (Phi) is 5.62. The molecular formula is C20H13F6N3O2. The lowest BCUT2D eigenvalue weighted by molar-refractivity contribution is -0.143. The van der Waals surface area contributed by atoms with Crippen LogP contribution in [0.15, 0.2) is 54.9 Å². The highest BCUT2D eigenvalue weighted by Crippen LogP contribution is 2.36. The van der Waals surface area contributed by atoms with Crippen molar-refractivity contribution in [3.8, 4) is 0 Å². The summed E-state index contributed by atoms with van der Waals surface area (Å²) in [5, 5.41) is 2.22. The van der Waals surface area contributed by atoms with E-state index in [2.05, 4.69) is 10.3 Å². The molecule has 2 aromatic carbocycles. The van der Waals surface area contributed by atoms with E-state index in [4.69, 9.17) is 0 Å². The number of rotatable bonds is 4. The Morgan fingerprint density at radius 1 is 0.871 bits per heavy atom. The number of carbonyl (C=O) groups is 2. The molecular weight excluding hydrogens is 428 g/mol. The molecule has 0 aliphatic carbocycles. The summed E-state index contributed by atoms with van der Waals surface area (Å²) in [6, 6.07) is 5.90. The average Bonchev–Trinajstić information content (AvgIpc) is 3.12. The number of hydrogen-bond acceptors (Lipinski definition) is 3. The molecule has 1 N–H and O–H groups in total. The minimum Gasteiger partial charge on any atom is -0.331 e. The third kappa shape index (κ3) is 4.93. The lowest BCUT2D eigenvalue weighted by atomic mass is 10.0. The van der Waals surface area contributed by atoms with Crippen LogP contribution in [0.25, 0.3) is 0 Å². The quantitative estimate of drug-likeness (QED) is 0.461. The van der Waals surface area contributed by atoms with Crippen molar-refractivity contribution in [3.63, 3.8) is 0 Å². The van der Waals surface area contributed by atoms with Crippen LogP contribution in [-0.2, 0) is 19.4 Å². The normalized spacial score (nSPS) is 12.0. The smallest absolute Gasteiger partial charge is 0.331 e. The van der Waals surface area contributed by atoms with Crippen LogP contribution in [0.5, 0.6) is 0 Å². The first-order chi connectivity index (χ1) is 14.4. The Balaban J connectivity index is 1.84. The number of imidazole rings is 1. The lowest BCUT2D eigenvalue weighted by Crippen LogP contribution is -2.17. The first-order valence-electron chi connectivity index (χ1n) is 8.59. The molecule has 0 aliphatic heterocycles. The molecule has 0 atom stereocenters. The van der Waals surface area contributed by atoms with Gasteiger partial charge < -0.3 is 9.88 Å². The number of alkyl halides is 6. The van der Waals surface area contributed by atoms with E-state index in [0.717, 1.165) is 0 Å². The highest BCUT2D eigenvalue weighted by molar-refractivity contribution is 6.08. The van der Waals surface area contributed by atoms with E-state index in [1.807, 2.05) is 0 Å². The maximum absolute atomic E-state index is 13.0. The third-order valence-electron chi connectivity index (χ3n) is 4.28. The van der Waals surface area contributed by atoms with Crippen LogP contribution in [0.4, 0.5) is 32.0 Å². The molecule has 0 aliphatic rings. The maximum atomic E-state index is 13.0. The summed E-state index contributed by atoms with van der Waals surface area (Å²) in [4.78, 5) is 28.6. The van der Waals surface area contributed by atoms with Gasteiger partial charge >= 0.3 is 12.4 Å². The molecule has 1 aromatic heterocycles. The van der Waals surface area contributed by atoms with Crippen LogP contribution in [0.1, 0.15) is 37.7 Å². The van der Waals surface area contributed by atoms with Crippen molar-refractivity contribution in [2.45, 2.75) is 12.4 Å². The third-order valence-corrected chi connectivity index (χ3v) is 4.28. The predicted octanol–water partition coefficient (Wildman–Crippen LogP) is 4.94. The number of amides is 1. The van der Waals surface area contributed by atoms with Crippen molar-refractivity contribution in [2.24, 2.45) is 7.05 Å². The van der Waals surface area contributed by atoms with Crippen LogP contribution < -0.4 is 5.32 Å². The van der Waals surface area contributed by atoms with Gasteiger partial charge in [-0.15, -0.1) is 0 Å². The second kappa shape index (κ2) is 7.89. The Morgan fingerprint density at radius 3 is 1.87 bits per heavy atom. The molecule has 0 saturated heterocycles. The molecule has 31 heavy (non-hydrogen) atoms. The zero-order valence-electron chi connectivity index (χ0n) is 15.7. The van der Waals surface area contributed by atoms with Gasteiger partial charge in [0.1, 0.15) is 0 Å². The molecule has 3 rings (SSSR count). The number of carbonyl (C=O) groups excluding carboxylic acids is 2. The summed E-state index contributed by atoms with van der Waals surface area (Å²) in [5.41, 5.74) is -3.69. The van der Waals surface area contributed by atoms with Gasteiger partial charge in [-0.25, -0.2) is 4.98 Å². The fourth-order valence-electron chi connectivity index (χ4n) is 2.71. The molecule has 0 unspecified atom stereocenters. The summed E-state index contributed by atoms with van der Waals surface area (Å²) in [6.07, 6.45) is -7.12. The molecule has 1 heterocycles. The van der Waals surface area contributed by atoms with E-state index in [0.29, 0.717) is 12.1 Å². The maximum Gasteiger partial charge on any atom is 0.416 e. The monoisotopic (exact) mass is 441 g/mol. The Bertz CT molecular complexity index is 1100. The topological polar surface area (TPSA) is 64.0 Å². The molecule has 0 bridgehead atoms. The number of anilines is 1. The Morgan fingerprint density at radius 2 is 1.42 bits per heavy atom. The summed E-state index contributed by atoms with van der Waals surface area (Å²) < 4.78 is 79.2. The largest absolute Gasteiger partial charge is 0.416 e. The standard InChI is InChI=1S/C20H13F6N3O2/c1-29-7-6-27-17(29)16(30)11-2-4-15(5-3-11)28-18(31)12-8-13(19(21,22)23)10-14(9-12)20(24,25)26/h2-10H,1H3,(H,28,31). The molecule has 5 nitrogen and oxygen atoms in total. The number of benzene rings is 2. The number of ketones is 1. The fraction of sp³-hybridized carbons (Fsp3) is 0.150. The molecule has 0 spiro atoms. The van der Waals surface area contributed by atoms with Crippen molar-refractivity contribution in [2.75, 3.05) is 5.32 Å². The summed E-state index contributed by atoms with van der Waals surface area (Å²) in [5.74, 6) is -1.40. The van der Waals surface area contributed by atoms with Crippen molar-refractivity contribution in [3.05, 3.63) is 82.9 Å². The van der Waals surface area contributed by atoms with E-state index in [-0.39, 0.29) is 23.1 Å². The molecule has 11 heteroatoms. The summed E-state index contributed by atoms with van der Waals surface area (Å²) in [7, 11) is 1.62. The number of halogens is 6. The molecule has 0 saturated carbocycles. The van der Waals surface area contributed by atoms with E-state index in [1.54, 1.807) is 13.2 Å². The number of nitrogens with one attached hydrogen (secondary N) is 1. The molecule has 0 radical (unpaired) electrons. The second-order valence-corrected chi connectivity index (χ2v) is 6.52. The van der Waals surface area contributed by atoms with E-state index in [1.165, 1.54) is 35.0 Å². The van der Waals surface area contributed by atoms with E-state index >= 15 is 0 Å². The summed E-state index contributed by atoms with van der Waals surface area (Å²) >= 11 is 0. The van der Waals surface area contributed by atoms with Gasteiger partial charge in [-0.1, -0.05) is 0 Å². The van der Waals surface area contributed by atoms with Gasteiger partial charge in [-0.05, 0) is 42.5 Å². The van der Waals surface area contributed by atoms with Crippen LogP contribution in [0, 0.1) is 0 Å². The number of aryl methyl sites for hydroxylation is 1. The lowest BCUT2D eigenvalue weighted by Gasteiger charge is -2.14. The number of aromatic nitrogens is 2. The zero-order valence-corrected chi connectivity index (χ0v) is 15.7. The highest BCUT2D eigenvalue weighted by atomic mass is 19.4. The summed E-state index contributed by atoms with van der Waals surface area (Å²) in [6.45, 7) is 0. The minimum absolute atomic E-state index is 0.0607. The van der Waals surface area contributed by atoms with Crippen molar-refractivity contribution in [1.82, 2.24) is 9.55 Å². The number of hydrogen-bond donors (Lipinski definition) is 1. The van der Waals surface area contributed by atoms with Crippen LogP contribution >= 0.6 is 0 Å². The van der Waals surface area contributed by atoms with Crippen LogP contribution in [0.3, 0.4) is 0 Å². The van der Waals surface area contributed by atoms with Gasteiger partial charge in [0, 0.05) is 36.3 Å². The van der Waals surface area contributed by atoms with Gasteiger partial charge in [-0.3, -0.25) is 9.59 Å². The molecule has 3 aromatic rings. The first-order valence-corrected chi connectivity index (χ1v) is 8.59. The Labute approximate surface area is 171 Å². The van der Waals surface area contributed by atoms with Gasteiger partial charge in [-0.2, -0.15) is 26.3 Å². The van der Waals surface area contributed by atoms with Gasteiger partial charge in [0.05, 0.1) is 11.1 Å². The van der Waals surface area contributed by atoms with E-state index in [9.17, 15) is 35.9 Å². The van der Waals surface area contributed by atoms with Gasteiger partial charge in [0.15, 0.2) is 5.82 Å². The van der Waals surface area contributed by atoms with Crippen LogP contribution in [0.2, 0.25) is 0 Å². The van der Waals surface area contributed by atoms with Gasteiger partial charge in [0.2, 0.25) is 5.78 Å². The van der Waals surface area contributed by atoms with Crippen molar-refractivity contribution in [1.29, 1.82) is 0 Å². The molecule has 0 fully saturated rings. The van der Waals surface area contributed by atoms with Crippen LogP contribution in [-0.4, -0.2) is 21.2 Å². The van der Waals surface area contributed by atoms with Crippen molar-refractivity contribution >= 4 is 17.4 Å². The zero-order chi connectivity index (χ0) is 23.0. The fourth-order valence-corrected chi connectivity index (χ4v) is 2.71. The minimum atomic E-state index is -5.07. The average molecular weight is 441 g/mol. The number of nitrogens with zero attached hydrogens (tertiary/aromatic N) is 2. The SMILES string of the molecule is Cn1ccnc1C(=O)c1ccc(NC(=O)c2cc(C(F)(F)F)cc(C(F)(F)F)c2)cc1. The molecule has 162 valence electrons. The Hall–Kier alpha value is -3.63. The first kappa shape index (κ1) is 22.1. The van der Waals surface area contributed by atoms with Gasteiger partial charge in [0.25, 0.3) is 5.91 Å². The highest BCUT2D eigenvalue weighted by Gasteiger charge is 2.37. The predicted molar refractivity (Wildman–Crippen MR) is 97.5 cm³/mol.